The molecule has 30 heavy (non-hydrogen) atoms. The van der Waals surface area contributed by atoms with Crippen LogP contribution in [0, 0.1) is 6.92 Å². The Labute approximate surface area is 187 Å². The van der Waals surface area contributed by atoms with Crippen molar-refractivity contribution in [1.82, 2.24) is 0 Å². The topological polar surface area (TPSA) is 85.7 Å². The third-order valence-corrected chi connectivity index (χ3v) is 6.68. The Hall–Kier alpha value is -2.61. The lowest BCUT2D eigenvalue weighted by atomic mass is 10.0. The third kappa shape index (κ3) is 3.88. The zero-order valence-corrected chi connectivity index (χ0v) is 18.9. The van der Waals surface area contributed by atoms with Crippen molar-refractivity contribution in [3.05, 3.63) is 87.3 Å². The fourth-order valence-corrected chi connectivity index (χ4v) is 4.59. The van der Waals surface area contributed by atoms with Gasteiger partial charge in [0.25, 0.3) is 10.0 Å². The zero-order valence-electron chi connectivity index (χ0n) is 15.8. The van der Waals surface area contributed by atoms with Gasteiger partial charge in [0.1, 0.15) is 5.58 Å². The third-order valence-electron chi connectivity index (χ3n) is 4.59. The molecule has 2 N–H and O–H groups in total. The molecule has 0 amide bonds. The van der Waals surface area contributed by atoms with Crippen molar-refractivity contribution in [2.45, 2.75) is 11.8 Å². The number of nitrogens with zero attached hydrogens (tertiary/aromatic N) is 1. The molecule has 0 saturated heterocycles. The first-order chi connectivity index (χ1) is 14.3. The lowest BCUT2D eigenvalue weighted by Gasteiger charge is -2.11. The molecule has 0 spiro atoms. The highest BCUT2D eigenvalue weighted by molar-refractivity contribution is 9.10. The van der Waals surface area contributed by atoms with Crippen LogP contribution < -0.4 is 11.3 Å². The molecule has 1 aromatic heterocycles. The van der Waals surface area contributed by atoms with Gasteiger partial charge in [-0.25, -0.2) is 0 Å². The van der Waals surface area contributed by atoms with Gasteiger partial charge in [-0.3, -0.25) is 0 Å². The Balaban J connectivity index is 2.09. The molecule has 0 aliphatic rings. The number of benzene rings is 3. The van der Waals surface area contributed by atoms with Crippen LogP contribution in [0.5, 0.6) is 0 Å². The van der Waals surface area contributed by atoms with Crippen molar-refractivity contribution in [2.24, 2.45) is 4.40 Å². The van der Waals surface area contributed by atoms with E-state index in [0.717, 1.165) is 10.0 Å². The van der Waals surface area contributed by atoms with Crippen LogP contribution in [0.15, 0.2) is 84.9 Å². The summed E-state index contributed by atoms with van der Waals surface area (Å²) in [6.07, 6.45) is 0. The van der Waals surface area contributed by atoms with Crippen molar-refractivity contribution in [1.29, 1.82) is 0 Å². The van der Waals surface area contributed by atoms with Crippen molar-refractivity contribution in [3.63, 3.8) is 0 Å². The van der Waals surface area contributed by atoms with E-state index < -0.39 is 10.0 Å². The van der Waals surface area contributed by atoms with E-state index in [1.54, 1.807) is 54.6 Å². The van der Waals surface area contributed by atoms with Gasteiger partial charge in [0.15, 0.2) is 0 Å². The molecular formula is C22H16BrClN2O3S. The predicted molar refractivity (Wildman–Crippen MR) is 123 cm³/mol. The average molecular weight is 504 g/mol. The van der Waals surface area contributed by atoms with Crippen molar-refractivity contribution >= 4 is 54.2 Å². The highest BCUT2D eigenvalue weighted by Crippen LogP contribution is 2.34. The summed E-state index contributed by atoms with van der Waals surface area (Å²) in [5.74, 6) is 0. The summed E-state index contributed by atoms with van der Waals surface area (Å²) < 4.78 is 36.7. The van der Waals surface area contributed by atoms with E-state index in [2.05, 4.69) is 20.3 Å². The van der Waals surface area contributed by atoms with E-state index in [9.17, 15) is 8.42 Å². The lowest BCUT2D eigenvalue weighted by molar-refractivity contribution is 0.543. The summed E-state index contributed by atoms with van der Waals surface area (Å²) in [6.45, 7) is 1.88. The first-order valence-corrected chi connectivity index (χ1v) is 11.5. The molecule has 0 unspecified atom stereocenters. The first-order valence-electron chi connectivity index (χ1n) is 8.91. The lowest BCUT2D eigenvalue weighted by Crippen LogP contribution is -2.13. The molecule has 152 valence electrons. The van der Waals surface area contributed by atoms with E-state index in [0.29, 0.717) is 32.8 Å². The van der Waals surface area contributed by atoms with Crippen LogP contribution in [0.2, 0.25) is 5.02 Å². The van der Waals surface area contributed by atoms with Crippen molar-refractivity contribution in [3.8, 4) is 11.1 Å². The van der Waals surface area contributed by atoms with E-state index in [1.165, 1.54) is 12.1 Å². The summed E-state index contributed by atoms with van der Waals surface area (Å²) in [4.78, 5) is 0.0582. The van der Waals surface area contributed by atoms with Crippen LogP contribution in [0.25, 0.3) is 22.1 Å². The number of aryl methyl sites for hydroxylation is 1. The number of nitrogen functional groups attached to an aromatic ring is 1. The molecule has 4 rings (SSSR count). The Morgan fingerprint density at radius 3 is 2.43 bits per heavy atom. The molecule has 0 bridgehead atoms. The predicted octanol–water partition coefficient (Wildman–Crippen LogP) is 5.70. The highest BCUT2D eigenvalue weighted by atomic mass is 79.9. The van der Waals surface area contributed by atoms with Gasteiger partial charge in [0.05, 0.1) is 16.1 Å². The van der Waals surface area contributed by atoms with Gasteiger partial charge in [-0.1, -0.05) is 63.4 Å². The Morgan fingerprint density at radius 2 is 1.73 bits per heavy atom. The minimum absolute atomic E-state index is 0.0582. The van der Waals surface area contributed by atoms with Crippen LogP contribution in [0.4, 0.5) is 5.69 Å². The van der Waals surface area contributed by atoms with Crippen LogP contribution in [-0.2, 0) is 10.0 Å². The van der Waals surface area contributed by atoms with Crippen molar-refractivity contribution < 1.29 is 12.8 Å². The summed E-state index contributed by atoms with van der Waals surface area (Å²) in [5, 5.41) is 1.02. The molecule has 0 radical (unpaired) electrons. The molecule has 0 aliphatic carbocycles. The number of halogens is 2. The maximum atomic E-state index is 13.0. The monoisotopic (exact) mass is 502 g/mol. The van der Waals surface area contributed by atoms with Gasteiger partial charge in [0.2, 0.25) is 5.55 Å². The standard InChI is InChI=1S/C22H16BrClN2O3S/c1-13-6-9-15(10-7-13)30(27,28)26-22-20(16-4-2-3-5-18(16)24)21(25)17-12-14(23)8-11-19(17)29-22/h2-12H,25H2,1H3. The summed E-state index contributed by atoms with van der Waals surface area (Å²) in [6, 6.07) is 18.7. The van der Waals surface area contributed by atoms with E-state index in [1.807, 2.05) is 6.92 Å². The van der Waals surface area contributed by atoms with Crippen LogP contribution in [-0.4, -0.2) is 8.42 Å². The van der Waals surface area contributed by atoms with E-state index >= 15 is 0 Å². The molecule has 5 nitrogen and oxygen atoms in total. The van der Waals surface area contributed by atoms with Crippen LogP contribution >= 0.6 is 27.5 Å². The molecule has 1 heterocycles. The largest absolute Gasteiger partial charge is 0.437 e. The smallest absolute Gasteiger partial charge is 0.285 e. The van der Waals surface area contributed by atoms with Gasteiger partial charge in [-0.15, -0.1) is 4.40 Å². The molecule has 8 heteroatoms. The van der Waals surface area contributed by atoms with Gasteiger partial charge >= 0.3 is 0 Å². The number of hydrogen-bond acceptors (Lipinski definition) is 4. The number of rotatable bonds is 3. The average Bonchev–Trinajstić information content (AvgIpc) is 2.70. The fraction of sp³-hybridized carbons (Fsp3) is 0.0455. The molecule has 0 saturated carbocycles. The van der Waals surface area contributed by atoms with Gasteiger partial charge in [-0.05, 0) is 43.3 Å². The first kappa shape index (κ1) is 20.7. The number of fused-ring (bicyclic) bond motifs is 1. The molecule has 0 fully saturated rings. The van der Waals surface area contributed by atoms with E-state index in [-0.39, 0.29) is 10.4 Å². The quantitative estimate of drug-likeness (QED) is 0.389. The van der Waals surface area contributed by atoms with Crippen LogP contribution in [0.3, 0.4) is 0 Å². The zero-order chi connectivity index (χ0) is 21.5. The minimum atomic E-state index is -4.04. The molecule has 3 aromatic carbocycles. The second kappa shape index (κ2) is 7.91. The van der Waals surface area contributed by atoms with E-state index in [4.69, 9.17) is 21.8 Å². The van der Waals surface area contributed by atoms with Gasteiger partial charge < -0.3 is 10.2 Å². The summed E-state index contributed by atoms with van der Waals surface area (Å²) >= 11 is 9.82. The van der Waals surface area contributed by atoms with Gasteiger partial charge in [-0.2, -0.15) is 8.42 Å². The Morgan fingerprint density at radius 1 is 1.03 bits per heavy atom. The number of anilines is 1. The number of nitrogens with two attached hydrogens (primary N) is 1. The second-order valence-corrected chi connectivity index (χ2v) is 9.62. The van der Waals surface area contributed by atoms with Gasteiger partial charge in [0, 0.05) is 20.4 Å². The Kier molecular flexibility index (Phi) is 5.44. The fourth-order valence-electron chi connectivity index (χ4n) is 3.07. The Bertz CT molecular complexity index is 1450. The van der Waals surface area contributed by atoms with Crippen LogP contribution in [0.1, 0.15) is 5.56 Å². The molecule has 4 aromatic rings. The second-order valence-electron chi connectivity index (χ2n) is 6.70. The SMILES string of the molecule is Cc1ccc(S(=O)(=O)N=c2oc3ccc(Br)cc3c(N)c2-c2ccccc2Cl)cc1. The summed E-state index contributed by atoms with van der Waals surface area (Å²) in [7, 11) is -4.04. The number of hydrogen-bond donors (Lipinski definition) is 1. The minimum Gasteiger partial charge on any atom is -0.437 e. The maximum Gasteiger partial charge on any atom is 0.285 e. The van der Waals surface area contributed by atoms with Crippen molar-refractivity contribution in [2.75, 3.05) is 5.73 Å². The number of sulfonamides is 1. The molecule has 0 aliphatic heterocycles. The summed E-state index contributed by atoms with van der Waals surface area (Å²) in [5.41, 5.74) is 8.86. The highest BCUT2D eigenvalue weighted by Gasteiger charge is 2.19. The normalized spacial score (nSPS) is 12.4. The molecular weight excluding hydrogens is 488 g/mol. The molecule has 0 atom stereocenters. The maximum absolute atomic E-state index is 13.0.